The van der Waals surface area contributed by atoms with Gasteiger partial charge in [0.1, 0.15) is 29.2 Å². The average molecular weight is 617 g/mol. The molecule has 0 radical (unpaired) electrons. The normalized spacial score (nSPS) is 17.0. The van der Waals surface area contributed by atoms with Gasteiger partial charge in [0.05, 0.1) is 12.4 Å². The third kappa shape index (κ3) is 9.25. The van der Waals surface area contributed by atoms with Gasteiger partial charge in [0, 0.05) is 46.0 Å². The van der Waals surface area contributed by atoms with E-state index in [-0.39, 0.29) is 30.0 Å². The molecule has 44 heavy (non-hydrogen) atoms. The van der Waals surface area contributed by atoms with Gasteiger partial charge in [-0.1, -0.05) is 12.1 Å². The summed E-state index contributed by atoms with van der Waals surface area (Å²) < 4.78 is 20.4. The molecular formula is C31H45FN6O6. The monoisotopic (exact) mass is 616 g/mol. The number of aliphatic hydroxyl groups is 1. The van der Waals surface area contributed by atoms with Crippen molar-refractivity contribution >= 4 is 23.8 Å². The Morgan fingerprint density at radius 2 is 1.84 bits per heavy atom. The van der Waals surface area contributed by atoms with E-state index in [4.69, 9.17) is 4.74 Å². The first-order valence-corrected chi connectivity index (χ1v) is 14.8. The summed E-state index contributed by atoms with van der Waals surface area (Å²) in [6, 6.07) is 3.46. The van der Waals surface area contributed by atoms with Gasteiger partial charge in [-0.15, -0.1) is 0 Å². The van der Waals surface area contributed by atoms with E-state index in [1.807, 2.05) is 0 Å². The van der Waals surface area contributed by atoms with E-state index in [2.05, 4.69) is 10.3 Å². The second kappa shape index (κ2) is 14.7. The molecular weight excluding hydrogens is 571 g/mol. The minimum Gasteiger partial charge on any atom is -0.444 e. The molecule has 242 valence electrons. The lowest BCUT2D eigenvalue weighted by molar-refractivity contribution is -0.141. The number of carbonyl (C=O) groups excluding carboxylic acids is 4. The lowest BCUT2D eigenvalue weighted by Gasteiger charge is -2.34. The number of aromatic nitrogens is 2. The van der Waals surface area contributed by atoms with Crippen molar-refractivity contribution in [3.05, 3.63) is 53.9 Å². The van der Waals surface area contributed by atoms with Crippen LogP contribution in [-0.2, 0) is 27.8 Å². The molecule has 2 heterocycles. The highest BCUT2D eigenvalue weighted by Crippen LogP contribution is 2.22. The maximum Gasteiger partial charge on any atom is 0.410 e. The lowest BCUT2D eigenvalue weighted by atomic mass is 10.1. The van der Waals surface area contributed by atoms with Gasteiger partial charge in [-0.25, -0.2) is 14.2 Å². The van der Waals surface area contributed by atoms with Crippen molar-refractivity contribution < 1.29 is 33.4 Å². The second-order valence-electron chi connectivity index (χ2n) is 12.4. The van der Waals surface area contributed by atoms with Gasteiger partial charge < -0.3 is 29.5 Å². The zero-order valence-electron chi connectivity index (χ0n) is 26.6. The zero-order chi connectivity index (χ0) is 32.8. The Morgan fingerprint density at radius 1 is 1.18 bits per heavy atom. The molecule has 1 fully saturated rings. The SMILES string of the molecule is C[C@@H](O)[C@H](NC(=O)[C@H](C)N(C)C(=O)OC(C)(C)C)C(=O)N1CCC[C@H]1CN(CCc1ccc(F)cc1)C(=O)c1cn(C)cn1. The minimum atomic E-state index is -1.27. The largest absolute Gasteiger partial charge is 0.444 e. The highest BCUT2D eigenvalue weighted by Gasteiger charge is 2.39. The fraction of sp³-hybridized carbons (Fsp3) is 0.581. The maximum absolute atomic E-state index is 13.8. The number of benzene rings is 1. The van der Waals surface area contributed by atoms with Gasteiger partial charge in [0.25, 0.3) is 5.91 Å². The van der Waals surface area contributed by atoms with E-state index in [9.17, 15) is 28.7 Å². The Morgan fingerprint density at radius 3 is 2.41 bits per heavy atom. The first-order valence-electron chi connectivity index (χ1n) is 14.8. The highest BCUT2D eigenvalue weighted by atomic mass is 19.1. The topological polar surface area (TPSA) is 137 Å². The van der Waals surface area contributed by atoms with Crippen molar-refractivity contribution in [2.45, 2.75) is 83.7 Å². The summed E-state index contributed by atoms with van der Waals surface area (Å²) in [4.78, 5) is 61.4. The quantitative estimate of drug-likeness (QED) is 0.396. The van der Waals surface area contributed by atoms with Crippen LogP contribution in [0.15, 0.2) is 36.8 Å². The molecule has 0 spiro atoms. The number of imidazole rings is 1. The Bertz CT molecular complexity index is 1310. The molecule has 2 aromatic rings. The predicted molar refractivity (Wildman–Crippen MR) is 161 cm³/mol. The number of nitrogens with one attached hydrogen (secondary N) is 1. The molecule has 1 aliphatic heterocycles. The number of aryl methyl sites for hydroxylation is 1. The number of hydrogen-bond donors (Lipinski definition) is 2. The van der Waals surface area contributed by atoms with E-state index in [0.717, 1.165) is 10.5 Å². The van der Waals surface area contributed by atoms with Gasteiger partial charge in [0.2, 0.25) is 11.8 Å². The number of hydrogen-bond acceptors (Lipinski definition) is 7. The van der Waals surface area contributed by atoms with Crippen molar-refractivity contribution in [2.24, 2.45) is 7.05 Å². The van der Waals surface area contributed by atoms with E-state index in [1.165, 1.54) is 39.4 Å². The Labute approximate surface area is 258 Å². The fourth-order valence-corrected chi connectivity index (χ4v) is 4.96. The van der Waals surface area contributed by atoms with Crippen LogP contribution < -0.4 is 5.32 Å². The molecule has 1 aromatic carbocycles. The summed E-state index contributed by atoms with van der Waals surface area (Å²) in [5.74, 6) is -1.75. The average Bonchev–Trinajstić information content (AvgIpc) is 3.60. The van der Waals surface area contributed by atoms with Crippen LogP contribution >= 0.6 is 0 Å². The summed E-state index contributed by atoms with van der Waals surface area (Å²) >= 11 is 0. The molecule has 1 aromatic heterocycles. The number of aliphatic hydroxyl groups excluding tert-OH is 1. The third-order valence-electron chi connectivity index (χ3n) is 7.57. The van der Waals surface area contributed by atoms with Crippen molar-refractivity contribution in [3.8, 4) is 0 Å². The molecule has 1 aliphatic rings. The first kappa shape index (κ1) is 34.5. The Hall–Kier alpha value is -4.00. The van der Waals surface area contributed by atoms with Gasteiger partial charge in [-0.3, -0.25) is 19.3 Å². The lowest BCUT2D eigenvalue weighted by Crippen LogP contribution is -2.59. The molecule has 0 aliphatic carbocycles. The van der Waals surface area contributed by atoms with Crippen LogP contribution in [0.1, 0.15) is 63.5 Å². The smallest absolute Gasteiger partial charge is 0.410 e. The number of likely N-dealkylation sites (N-methyl/N-ethyl adjacent to an activating group) is 1. The number of ether oxygens (including phenoxy) is 1. The number of carbonyl (C=O) groups is 4. The second-order valence-corrected chi connectivity index (χ2v) is 12.4. The van der Waals surface area contributed by atoms with Crippen molar-refractivity contribution in [1.82, 2.24) is 29.6 Å². The molecule has 13 heteroatoms. The molecule has 4 amide bonds. The number of rotatable bonds is 11. The number of halogens is 1. The van der Waals surface area contributed by atoms with Crippen LogP contribution in [0.25, 0.3) is 0 Å². The number of amides is 4. The first-order chi connectivity index (χ1) is 20.6. The maximum atomic E-state index is 13.8. The van der Waals surface area contributed by atoms with Crippen LogP contribution in [0, 0.1) is 5.82 Å². The van der Waals surface area contributed by atoms with Gasteiger partial charge >= 0.3 is 6.09 Å². The standard InChI is InChI=1S/C31H45FN6O6/c1-20(36(7)30(43)44-31(3,4)5)27(40)34-26(21(2)39)29(42)38-15-8-9-24(38)17-37(28(41)25-18-35(6)19-33-25)16-14-22-10-12-23(32)13-11-22/h10-13,18-21,24,26,39H,8-9,14-17H2,1-7H3,(H,34,40)/t20-,21+,24-,26-/m0/s1. The number of nitrogens with zero attached hydrogens (tertiary/aromatic N) is 5. The van der Waals surface area contributed by atoms with E-state index in [0.29, 0.717) is 32.4 Å². The third-order valence-corrected chi connectivity index (χ3v) is 7.57. The molecule has 12 nitrogen and oxygen atoms in total. The van der Waals surface area contributed by atoms with Gasteiger partial charge in [0.15, 0.2) is 0 Å². The summed E-state index contributed by atoms with van der Waals surface area (Å²) in [6.07, 6.45) is 3.00. The van der Waals surface area contributed by atoms with Crippen molar-refractivity contribution in [1.29, 1.82) is 0 Å². The van der Waals surface area contributed by atoms with Crippen molar-refractivity contribution in [2.75, 3.05) is 26.7 Å². The molecule has 0 saturated carbocycles. The molecule has 2 N–H and O–H groups in total. The van der Waals surface area contributed by atoms with Crippen LogP contribution in [0.2, 0.25) is 0 Å². The molecule has 1 saturated heterocycles. The molecule has 4 atom stereocenters. The minimum absolute atomic E-state index is 0.209. The summed E-state index contributed by atoms with van der Waals surface area (Å²) in [5.41, 5.74) is 0.363. The summed E-state index contributed by atoms with van der Waals surface area (Å²) in [7, 11) is 3.19. The summed E-state index contributed by atoms with van der Waals surface area (Å²) in [6.45, 7) is 8.97. The Balaban J connectivity index is 1.74. The molecule has 0 unspecified atom stereocenters. The van der Waals surface area contributed by atoms with Crippen LogP contribution in [0.4, 0.5) is 9.18 Å². The fourth-order valence-electron chi connectivity index (χ4n) is 4.96. The zero-order valence-corrected chi connectivity index (χ0v) is 26.6. The summed E-state index contributed by atoms with van der Waals surface area (Å²) in [5, 5.41) is 13.2. The van der Waals surface area contributed by atoms with E-state index >= 15 is 0 Å². The molecule has 3 rings (SSSR count). The van der Waals surface area contributed by atoms with Gasteiger partial charge in [-0.05, 0) is 71.6 Å². The highest BCUT2D eigenvalue weighted by molar-refractivity contribution is 5.93. The van der Waals surface area contributed by atoms with Crippen LogP contribution in [0.3, 0.4) is 0 Å². The Kier molecular flexibility index (Phi) is 11.5. The van der Waals surface area contributed by atoms with Crippen LogP contribution in [0.5, 0.6) is 0 Å². The van der Waals surface area contributed by atoms with Crippen LogP contribution in [-0.4, -0.2) is 110 Å². The predicted octanol–water partition coefficient (Wildman–Crippen LogP) is 2.36. The molecule has 0 bridgehead atoms. The van der Waals surface area contributed by atoms with E-state index < -0.39 is 41.7 Å². The van der Waals surface area contributed by atoms with Crippen molar-refractivity contribution in [3.63, 3.8) is 0 Å². The van der Waals surface area contributed by atoms with Gasteiger partial charge in [-0.2, -0.15) is 0 Å². The number of likely N-dealkylation sites (tertiary alicyclic amines) is 1. The van der Waals surface area contributed by atoms with E-state index in [1.54, 1.807) is 60.5 Å².